The Morgan fingerprint density at radius 1 is 0.636 bits per heavy atom. The van der Waals surface area contributed by atoms with Gasteiger partial charge in [-0.3, -0.25) is 4.74 Å². The van der Waals surface area contributed by atoms with Crippen LogP contribution in [-0.4, -0.2) is 60.9 Å². The Kier molecular flexibility index (Phi) is 8.41. The average Bonchev–Trinajstić information content (AvgIpc) is 2.62. The number of alkyl halides is 11. The molecule has 0 spiro atoms. The molecule has 194 valence electrons. The molecular formula is C20H25ClF10O2. The Bertz CT molecular complexity index is 629. The molecule has 3 aliphatic carbocycles. The highest BCUT2D eigenvalue weighted by atomic mass is 35.5. The standard InChI is InChI=1S/C20H25ClF10O2/c21-9-5-13(23)17(14(24)6-9)19(27,28)32-10-1-2-11(12(22)7-10)8-3-15(25)18(16(26)4-8)33-20(29,30)31/h8-18H,1-7H2. The average molecular weight is 523 g/mol. The predicted molar refractivity (Wildman–Crippen MR) is 97.7 cm³/mol. The lowest BCUT2D eigenvalue weighted by Gasteiger charge is -2.43. The van der Waals surface area contributed by atoms with E-state index in [0.29, 0.717) is 0 Å². The van der Waals surface area contributed by atoms with Crippen LogP contribution < -0.4 is 0 Å². The molecule has 7 unspecified atom stereocenters. The van der Waals surface area contributed by atoms with E-state index in [9.17, 15) is 43.9 Å². The maximum Gasteiger partial charge on any atom is 0.522 e. The summed E-state index contributed by atoms with van der Waals surface area (Å²) < 4.78 is 145. The molecule has 0 aromatic heterocycles. The molecule has 0 radical (unpaired) electrons. The third-order valence-electron chi connectivity index (χ3n) is 6.87. The van der Waals surface area contributed by atoms with Crippen LogP contribution in [0.1, 0.15) is 44.9 Å². The van der Waals surface area contributed by atoms with E-state index in [0.717, 1.165) is 0 Å². The summed E-state index contributed by atoms with van der Waals surface area (Å²) in [6.45, 7) is 0. The highest BCUT2D eigenvalue weighted by Gasteiger charge is 2.56. The summed E-state index contributed by atoms with van der Waals surface area (Å²) in [6.07, 6.45) is -27.1. The number of ether oxygens (including phenoxy) is 2. The van der Waals surface area contributed by atoms with Crippen LogP contribution in [0, 0.1) is 17.8 Å². The van der Waals surface area contributed by atoms with Gasteiger partial charge in [-0.1, -0.05) is 0 Å². The van der Waals surface area contributed by atoms with Gasteiger partial charge in [0.1, 0.15) is 42.9 Å². The second-order valence-electron chi connectivity index (χ2n) is 9.21. The lowest BCUT2D eigenvalue weighted by Crippen LogP contribution is -2.51. The number of rotatable bonds is 5. The van der Waals surface area contributed by atoms with Gasteiger partial charge in [0.05, 0.1) is 6.10 Å². The molecule has 7 atom stereocenters. The molecule has 3 rings (SSSR count). The molecule has 0 saturated heterocycles. The van der Waals surface area contributed by atoms with Crippen LogP contribution in [0.15, 0.2) is 0 Å². The lowest BCUT2D eigenvalue weighted by molar-refractivity contribution is -0.359. The van der Waals surface area contributed by atoms with Gasteiger partial charge in [0.25, 0.3) is 0 Å². The van der Waals surface area contributed by atoms with Gasteiger partial charge < -0.3 is 4.74 Å². The Hall–Kier alpha value is -0.490. The van der Waals surface area contributed by atoms with Crippen molar-refractivity contribution in [1.82, 2.24) is 0 Å². The third-order valence-corrected chi connectivity index (χ3v) is 7.23. The first-order chi connectivity index (χ1) is 15.2. The van der Waals surface area contributed by atoms with Crippen molar-refractivity contribution in [3.05, 3.63) is 0 Å². The first-order valence-electron chi connectivity index (χ1n) is 10.8. The predicted octanol–water partition coefficient (Wildman–Crippen LogP) is 6.79. The highest BCUT2D eigenvalue weighted by Crippen LogP contribution is 2.47. The van der Waals surface area contributed by atoms with Gasteiger partial charge in [-0.05, 0) is 50.4 Å². The molecule has 33 heavy (non-hydrogen) atoms. The zero-order valence-corrected chi connectivity index (χ0v) is 18.0. The largest absolute Gasteiger partial charge is 0.522 e. The van der Waals surface area contributed by atoms with Crippen LogP contribution in [0.5, 0.6) is 0 Å². The SMILES string of the molecule is FC1CC(OC(F)(F)C2C(F)CC(Cl)CC2F)CCC1C1CC(F)C(OC(F)(F)F)C(F)C1. The first-order valence-corrected chi connectivity index (χ1v) is 11.3. The fraction of sp³-hybridized carbons (Fsp3) is 1.00. The van der Waals surface area contributed by atoms with Gasteiger partial charge in [0.15, 0.2) is 0 Å². The normalized spacial score (nSPS) is 45.7. The topological polar surface area (TPSA) is 18.5 Å². The zero-order chi connectivity index (χ0) is 24.7. The summed E-state index contributed by atoms with van der Waals surface area (Å²) in [5, 5.41) is -0.928. The second kappa shape index (κ2) is 10.2. The van der Waals surface area contributed by atoms with Crippen molar-refractivity contribution >= 4 is 11.6 Å². The third kappa shape index (κ3) is 6.59. The molecule has 3 fully saturated rings. The fourth-order valence-electron chi connectivity index (χ4n) is 5.39. The lowest BCUT2D eigenvalue weighted by atomic mass is 9.70. The van der Waals surface area contributed by atoms with Gasteiger partial charge in [-0.2, -0.15) is 8.78 Å². The smallest absolute Gasteiger partial charge is 0.317 e. The van der Waals surface area contributed by atoms with E-state index in [4.69, 9.17) is 11.6 Å². The molecule has 0 amide bonds. The van der Waals surface area contributed by atoms with Crippen LogP contribution in [0.3, 0.4) is 0 Å². The molecule has 0 bridgehead atoms. The van der Waals surface area contributed by atoms with E-state index in [1.54, 1.807) is 0 Å². The van der Waals surface area contributed by atoms with Crippen LogP contribution in [0.25, 0.3) is 0 Å². The minimum absolute atomic E-state index is 0.122. The molecular weight excluding hydrogens is 498 g/mol. The quantitative estimate of drug-likeness (QED) is 0.292. The number of hydrogen-bond donors (Lipinski definition) is 0. The van der Waals surface area contributed by atoms with E-state index < -0.39 is 111 Å². The number of halogens is 11. The highest BCUT2D eigenvalue weighted by molar-refractivity contribution is 6.20. The van der Waals surface area contributed by atoms with Crippen molar-refractivity contribution in [1.29, 1.82) is 0 Å². The Morgan fingerprint density at radius 2 is 1.18 bits per heavy atom. The first kappa shape index (κ1) is 27.1. The Labute approximate surface area is 189 Å². The summed E-state index contributed by atoms with van der Waals surface area (Å²) in [7, 11) is 0. The summed E-state index contributed by atoms with van der Waals surface area (Å²) in [4.78, 5) is 0. The molecule has 2 nitrogen and oxygen atoms in total. The van der Waals surface area contributed by atoms with E-state index in [2.05, 4.69) is 9.47 Å². The van der Waals surface area contributed by atoms with E-state index in [-0.39, 0.29) is 12.8 Å². The van der Waals surface area contributed by atoms with Crippen LogP contribution >= 0.6 is 11.6 Å². The van der Waals surface area contributed by atoms with E-state index >= 15 is 0 Å². The summed E-state index contributed by atoms with van der Waals surface area (Å²) >= 11 is 5.65. The summed E-state index contributed by atoms with van der Waals surface area (Å²) in [6, 6.07) is 0. The maximum atomic E-state index is 14.8. The van der Waals surface area contributed by atoms with Gasteiger partial charge in [0, 0.05) is 11.8 Å². The van der Waals surface area contributed by atoms with Crippen molar-refractivity contribution in [3.63, 3.8) is 0 Å². The van der Waals surface area contributed by atoms with E-state index in [1.165, 1.54) is 0 Å². The molecule has 13 heteroatoms. The Balaban J connectivity index is 1.56. The molecule has 0 N–H and O–H groups in total. The van der Waals surface area contributed by atoms with Crippen molar-refractivity contribution in [3.8, 4) is 0 Å². The Morgan fingerprint density at radius 3 is 1.67 bits per heavy atom. The molecule has 3 saturated carbocycles. The molecule has 0 heterocycles. The van der Waals surface area contributed by atoms with Gasteiger partial charge in [-0.15, -0.1) is 24.8 Å². The van der Waals surface area contributed by atoms with Crippen LogP contribution in [-0.2, 0) is 9.47 Å². The minimum Gasteiger partial charge on any atom is -0.317 e. The fourth-order valence-corrected chi connectivity index (χ4v) is 5.73. The van der Waals surface area contributed by atoms with Crippen LogP contribution in [0.2, 0.25) is 0 Å². The van der Waals surface area contributed by atoms with Gasteiger partial charge >= 0.3 is 12.5 Å². The monoisotopic (exact) mass is 522 g/mol. The minimum atomic E-state index is -5.23. The summed E-state index contributed by atoms with van der Waals surface area (Å²) in [5.74, 6) is -4.31. The second-order valence-corrected chi connectivity index (χ2v) is 9.83. The van der Waals surface area contributed by atoms with Crippen molar-refractivity contribution in [2.45, 2.75) is 106 Å². The molecule has 0 aromatic rings. The van der Waals surface area contributed by atoms with Crippen LogP contribution in [0.4, 0.5) is 43.9 Å². The van der Waals surface area contributed by atoms with E-state index in [1.807, 2.05) is 0 Å². The molecule has 3 aliphatic rings. The maximum absolute atomic E-state index is 14.8. The van der Waals surface area contributed by atoms with Gasteiger partial charge in [-0.25, -0.2) is 22.0 Å². The van der Waals surface area contributed by atoms with Crippen molar-refractivity contribution < 1.29 is 53.4 Å². The van der Waals surface area contributed by atoms with Crippen molar-refractivity contribution in [2.24, 2.45) is 17.8 Å². The number of hydrogen-bond acceptors (Lipinski definition) is 2. The summed E-state index contributed by atoms with van der Waals surface area (Å²) in [5.41, 5.74) is 0. The zero-order valence-electron chi connectivity index (χ0n) is 17.3. The molecule has 0 aromatic carbocycles. The molecule has 0 aliphatic heterocycles. The van der Waals surface area contributed by atoms with Crippen molar-refractivity contribution in [2.75, 3.05) is 0 Å². The van der Waals surface area contributed by atoms with Gasteiger partial charge in [0.2, 0.25) is 0 Å².